The molecule has 1 amide bonds. The Balaban J connectivity index is 2.02. The van der Waals surface area contributed by atoms with Crippen molar-refractivity contribution in [3.63, 3.8) is 0 Å². The van der Waals surface area contributed by atoms with E-state index >= 15 is 0 Å². The molecule has 0 fully saturated rings. The van der Waals surface area contributed by atoms with Gasteiger partial charge in [-0.3, -0.25) is 4.79 Å². The number of anilines is 1. The largest absolute Gasteiger partial charge is 0.334 e. The van der Waals surface area contributed by atoms with Gasteiger partial charge < -0.3 is 9.88 Å². The lowest BCUT2D eigenvalue weighted by Gasteiger charge is -2.05. The fraction of sp³-hybridized carbons (Fsp3) is 0.0625. The normalized spacial score (nSPS) is 10.8. The van der Waals surface area contributed by atoms with Crippen LogP contribution in [0.4, 0.5) is 5.69 Å². The van der Waals surface area contributed by atoms with Crippen LogP contribution in [0, 0.1) is 0 Å². The highest BCUT2D eigenvalue weighted by atomic mass is 35.5. The van der Waals surface area contributed by atoms with E-state index in [-0.39, 0.29) is 5.91 Å². The van der Waals surface area contributed by atoms with Crippen LogP contribution in [0.2, 0.25) is 10.2 Å². The summed E-state index contributed by atoms with van der Waals surface area (Å²) in [5.41, 5.74) is 2.07. The molecular formula is C16H12Cl2N2O. The van der Waals surface area contributed by atoms with E-state index in [1.807, 2.05) is 31.3 Å². The maximum absolute atomic E-state index is 12.5. The zero-order valence-corrected chi connectivity index (χ0v) is 12.7. The van der Waals surface area contributed by atoms with Crippen molar-refractivity contribution < 1.29 is 4.79 Å². The van der Waals surface area contributed by atoms with Crippen LogP contribution < -0.4 is 5.32 Å². The summed E-state index contributed by atoms with van der Waals surface area (Å²) >= 11 is 12.1. The second-order valence-corrected chi connectivity index (χ2v) is 5.50. The number of amides is 1. The maximum atomic E-state index is 12.5. The van der Waals surface area contributed by atoms with Crippen molar-refractivity contribution in [1.82, 2.24) is 4.57 Å². The SMILES string of the molecule is Cn1c(Cl)c(C(=O)Nc2ccc(Cl)cc2)c2ccccc21. The third-order valence-electron chi connectivity index (χ3n) is 3.36. The summed E-state index contributed by atoms with van der Waals surface area (Å²) in [5.74, 6) is -0.237. The number of benzene rings is 2. The van der Waals surface area contributed by atoms with Crippen molar-refractivity contribution in [2.24, 2.45) is 7.05 Å². The van der Waals surface area contributed by atoms with Gasteiger partial charge in [0.05, 0.1) is 5.56 Å². The molecule has 0 aliphatic heterocycles. The summed E-state index contributed by atoms with van der Waals surface area (Å²) in [7, 11) is 1.84. The highest BCUT2D eigenvalue weighted by Gasteiger charge is 2.19. The molecule has 1 heterocycles. The van der Waals surface area contributed by atoms with Gasteiger partial charge in [0.2, 0.25) is 0 Å². The van der Waals surface area contributed by atoms with Gasteiger partial charge in [-0.25, -0.2) is 0 Å². The molecule has 3 rings (SSSR count). The van der Waals surface area contributed by atoms with Crippen molar-refractivity contribution in [3.8, 4) is 0 Å². The minimum atomic E-state index is -0.237. The standard InChI is InChI=1S/C16H12Cl2N2O/c1-20-13-5-3-2-4-12(13)14(15(20)18)16(21)19-11-8-6-10(17)7-9-11/h2-9H,1H3,(H,19,21). The van der Waals surface area contributed by atoms with E-state index in [4.69, 9.17) is 23.2 Å². The lowest BCUT2D eigenvalue weighted by atomic mass is 10.1. The number of hydrogen-bond donors (Lipinski definition) is 1. The van der Waals surface area contributed by atoms with Gasteiger partial charge in [-0.15, -0.1) is 0 Å². The highest BCUT2D eigenvalue weighted by molar-refractivity contribution is 6.36. The van der Waals surface area contributed by atoms with Crippen molar-refractivity contribution in [2.75, 3.05) is 5.32 Å². The monoisotopic (exact) mass is 318 g/mol. The van der Waals surface area contributed by atoms with Crippen LogP contribution in [-0.4, -0.2) is 10.5 Å². The minimum absolute atomic E-state index is 0.237. The average Bonchev–Trinajstić information content (AvgIpc) is 2.74. The fourth-order valence-electron chi connectivity index (χ4n) is 2.30. The van der Waals surface area contributed by atoms with Gasteiger partial charge >= 0.3 is 0 Å². The molecule has 3 nitrogen and oxygen atoms in total. The smallest absolute Gasteiger partial charge is 0.259 e. The zero-order chi connectivity index (χ0) is 15.0. The van der Waals surface area contributed by atoms with Gasteiger partial charge in [0.1, 0.15) is 5.15 Å². The van der Waals surface area contributed by atoms with Crippen LogP contribution in [0.3, 0.4) is 0 Å². The highest BCUT2D eigenvalue weighted by Crippen LogP contribution is 2.29. The quantitative estimate of drug-likeness (QED) is 0.727. The topological polar surface area (TPSA) is 34.0 Å². The molecule has 106 valence electrons. The van der Waals surface area contributed by atoms with Crippen LogP contribution in [0.25, 0.3) is 10.9 Å². The Bertz CT molecular complexity index is 822. The molecule has 0 unspecified atom stereocenters. The lowest BCUT2D eigenvalue weighted by molar-refractivity contribution is 0.102. The van der Waals surface area contributed by atoms with Crippen LogP contribution >= 0.6 is 23.2 Å². The summed E-state index contributed by atoms with van der Waals surface area (Å²) in [6.07, 6.45) is 0. The van der Waals surface area contributed by atoms with E-state index in [0.29, 0.717) is 21.4 Å². The summed E-state index contributed by atoms with van der Waals surface area (Å²) in [5, 5.41) is 4.71. The van der Waals surface area contributed by atoms with Crippen molar-refractivity contribution in [2.45, 2.75) is 0 Å². The van der Waals surface area contributed by atoms with Gasteiger partial charge in [-0.05, 0) is 30.3 Å². The second-order valence-electron chi connectivity index (χ2n) is 4.70. The molecule has 1 N–H and O–H groups in total. The Morgan fingerprint density at radius 2 is 1.71 bits per heavy atom. The molecule has 0 aliphatic rings. The van der Waals surface area contributed by atoms with E-state index in [1.54, 1.807) is 28.8 Å². The van der Waals surface area contributed by atoms with Gasteiger partial charge in [0, 0.05) is 28.7 Å². The van der Waals surface area contributed by atoms with Crippen LogP contribution in [-0.2, 0) is 7.05 Å². The Labute approximate surface area is 132 Å². The number of carbonyl (C=O) groups excluding carboxylic acids is 1. The molecule has 21 heavy (non-hydrogen) atoms. The number of fused-ring (bicyclic) bond motifs is 1. The molecule has 0 saturated heterocycles. The van der Waals surface area contributed by atoms with Crippen molar-refractivity contribution >= 4 is 45.7 Å². The maximum Gasteiger partial charge on any atom is 0.259 e. The number of para-hydroxylation sites is 1. The van der Waals surface area contributed by atoms with Crippen molar-refractivity contribution in [3.05, 3.63) is 64.3 Å². The number of carbonyl (C=O) groups is 1. The van der Waals surface area contributed by atoms with Gasteiger partial charge in [-0.1, -0.05) is 41.4 Å². The molecule has 2 aromatic carbocycles. The molecule has 3 aromatic rings. The van der Waals surface area contributed by atoms with Gasteiger partial charge in [0.25, 0.3) is 5.91 Å². The Morgan fingerprint density at radius 1 is 1.05 bits per heavy atom. The van der Waals surface area contributed by atoms with E-state index in [2.05, 4.69) is 5.32 Å². The second kappa shape index (κ2) is 5.43. The predicted molar refractivity (Wildman–Crippen MR) is 87.3 cm³/mol. The average molecular weight is 319 g/mol. The Hall–Kier alpha value is -1.97. The first-order valence-electron chi connectivity index (χ1n) is 6.38. The molecule has 5 heteroatoms. The van der Waals surface area contributed by atoms with E-state index in [0.717, 1.165) is 10.9 Å². The number of hydrogen-bond acceptors (Lipinski definition) is 1. The first kappa shape index (κ1) is 14.0. The first-order chi connectivity index (χ1) is 10.1. The zero-order valence-electron chi connectivity index (χ0n) is 11.2. The molecule has 0 aliphatic carbocycles. The van der Waals surface area contributed by atoms with Gasteiger partial charge in [0.15, 0.2) is 0 Å². The third kappa shape index (κ3) is 2.50. The number of halogens is 2. The van der Waals surface area contributed by atoms with E-state index in [9.17, 15) is 4.79 Å². The number of aromatic nitrogens is 1. The van der Waals surface area contributed by atoms with E-state index < -0.39 is 0 Å². The van der Waals surface area contributed by atoms with Crippen molar-refractivity contribution in [1.29, 1.82) is 0 Å². The van der Waals surface area contributed by atoms with Crippen LogP contribution in [0.1, 0.15) is 10.4 Å². The number of nitrogens with one attached hydrogen (secondary N) is 1. The predicted octanol–water partition coefficient (Wildman–Crippen LogP) is 4.74. The van der Waals surface area contributed by atoms with E-state index in [1.165, 1.54) is 0 Å². The van der Waals surface area contributed by atoms with Crippen LogP contribution in [0.15, 0.2) is 48.5 Å². The van der Waals surface area contributed by atoms with Crippen LogP contribution in [0.5, 0.6) is 0 Å². The lowest BCUT2D eigenvalue weighted by Crippen LogP contribution is -2.12. The summed E-state index contributed by atoms with van der Waals surface area (Å²) in [6, 6.07) is 14.6. The molecule has 0 atom stereocenters. The number of rotatable bonds is 2. The summed E-state index contributed by atoms with van der Waals surface area (Å²) in [6.45, 7) is 0. The third-order valence-corrected chi connectivity index (χ3v) is 4.06. The minimum Gasteiger partial charge on any atom is -0.334 e. The molecule has 0 spiro atoms. The summed E-state index contributed by atoms with van der Waals surface area (Å²) < 4.78 is 1.80. The molecule has 0 saturated carbocycles. The van der Waals surface area contributed by atoms with Gasteiger partial charge in [-0.2, -0.15) is 0 Å². The number of aryl methyl sites for hydroxylation is 1. The molecule has 0 radical (unpaired) electrons. The molecular weight excluding hydrogens is 307 g/mol. The molecule has 0 bridgehead atoms. The summed E-state index contributed by atoms with van der Waals surface area (Å²) in [4.78, 5) is 12.5. The first-order valence-corrected chi connectivity index (χ1v) is 7.13. The molecule has 1 aromatic heterocycles. The fourth-order valence-corrected chi connectivity index (χ4v) is 2.71. The number of nitrogens with zero attached hydrogens (tertiary/aromatic N) is 1. The Morgan fingerprint density at radius 3 is 2.43 bits per heavy atom. The Kier molecular flexibility index (Phi) is 3.62.